The lowest BCUT2D eigenvalue weighted by atomic mass is 10.1. The van der Waals surface area contributed by atoms with Crippen molar-refractivity contribution < 1.29 is 14.3 Å². The molecule has 1 saturated heterocycles. The third-order valence-corrected chi connectivity index (χ3v) is 5.16. The van der Waals surface area contributed by atoms with Crippen molar-refractivity contribution >= 4 is 11.6 Å². The number of rotatable bonds is 7. The largest absolute Gasteiger partial charge is 0.396 e. The van der Waals surface area contributed by atoms with E-state index in [4.69, 9.17) is 0 Å². The van der Waals surface area contributed by atoms with Crippen LogP contribution in [0, 0.1) is 5.82 Å². The van der Waals surface area contributed by atoms with E-state index in [2.05, 4.69) is 15.1 Å². The molecule has 1 unspecified atom stereocenters. The first-order chi connectivity index (χ1) is 13.5. The van der Waals surface area contributed by atoms with Crippen LogP contribution in [-0.2, 0) is 17.9 Å². The fraction of sp³-hybridized carbons (Fsp3) is 0.409. The van der Waals surface area contributed by atoms with Crippen LogP contribution < -0.4 is 5.32 Å². The molecule has 0 spiro atoms. The molecule has 2 N–H and O–H groups in total. The van der Waals surface area contributed by atoms with Crippen molar-refractivity contribution in [2.24, 2.45) is 0 Å². The highest BCUT2D eigenvalue weighted by molar-refractivity contribution is 5.88. The van der Waals surface area contributed by atoms with Crippen molar-refractivity contribution in [3.8, 4) is 0 Å². The molecule has 0 bridgehead atoms. The van der Waals surface area contributed by atoms with E-state index in [0.717, 1.165) is 31.9 Å². The second-order valence-electron chi connectivity index (χ2n) is 7.34. The van der Waals surface area contributed by atoms with Gasteiger partial charge in [-0.25, -0.2) is 4.39 Å². The van der Waals surface area contributed by atoms with Gasteiger partial charge < -0.3 is 10.4 Å². The van der Waals surface area contributed by atoms with Crippen molar-refractivity contribution in [1.29, 1.82) is 0 Å². The molecule has 1 aliphatic heterocycles. The van der Waals surface area contributed by atoms with Crippen LogP contribution in [0.15, 0.2) is 48.5 Å². The van der Waals surface area contributed by atoms with Crippen LogP contribution in [-0.4, -0.2) is 53.1 Å². The van der Waals surface area contributed by atoms with Gasteiger partial charge in [0.05, 0.1) is 0 Å². The number of nitrogens with zero attached hydrogens (tertiary/aromatic N) is 2. The van der Waals surface area contributed by atoms with E-state index < -0.39 is 0 Å². The van der Waals surface area contributed by atoms with Crippen molar-refractivity contribution in [2.45, 2.75) is 32.5 Å². The Balaban J connectivity index is 1.60. The molecule has 2 aromatic carbocycles. The zero-order valence-electron chi connectivity index (χ0n) is 16.3. The lowest BCUT2D eigenvalue weighted by Crippen LogP contribution is -2.52. The summed E-state index contributed by atoms with van der Waals surface area (Å²) in [4.78, 5) is 15.8. The molecule has 0 aliphatic carbocycles. The molecule has 1 aliphatic rings. The number of aliphatic hydroxyl groups excluding tert-OH is 1. The van der Waals surface area contributed by atoms with E-state index in [0.29, 0.717) is 18.5 Å². The fourth-order valence-electron chi connectivity index (χ4n) is 3.73. The lowest BCUT2D eigenvalue weighted by molar-refractivity contribution is -0.114. The Hall–Kier alpha value is -2.28. The van der Waals surface area contributed by atoms with Crippen LogP contribution in [0.3, 0.4) is 0 Å². The van der Waals surface area contributed by atoms with Gasteiger partial charge in [-0.2, -0.15) is 0 Å². The first-order valence-corrected chi connectivity index (χ1v) is 9.72. The van der Waals surface area contributed by atoms with E-state index in [1.54, 1.807) is 6.07 Å². The van der Waals surface area contributed by atoms with Crippen LogP contribution in [0.1, 0.15) is 24.5 Å². The van der Waals surface area contributed by atoms with E-state index in [1.165, 1.54) is 18.6 Å². The number of carbonyl (C=O) groups is 1. The number of halogens is 1. The average molecular weight is 385 g/mol. The normalized spacial score (nSPS) is 18.2. The smallest absolute Gasteiger partial charge is 0.221 e. The summed E-state index contributed by atoms with van der Waals surface area (Å²) in [6, 6.07) is 15.0. The summed E-state index contributed by atoms with van der Waals surface area (Å²) in [5, 5.41) is 12.3. The molecule has 6 heteroatoms. The first-order valence-electron chi connectivity index (χ1n) is 9.72. The van der Waals surface area contributed by atoms with Gasteiger partial charge in [-0.05, 0) is 30.2 Å². The van der Waals surface area contributed by atoms with Gasteiger partial charge in [0, 0.05) is 63.5 Å². The van der Waals surface area contributed by atoms with Crippen molar-refractivity contribution in [3.63, 3.8) is 0 Å². The number of amides is 1. The second kappa shape index (κ2) is 9.78. The van der Waals surface area contributed by atoms with Crippen molar-refractivity contribution in [2.75, 3.05) is 31.6 Å². The maximum absolute atomic E-state index is 14.0. The van der Waals surface area contributed by atoms with Gasteiger partial charge in [0.2, 0.25) is 5.91 Å². The van der Waals surface area contributed by atoms with E-state index >= 15 is 0 Å². The van der Waals surface area contributed by atoms with Crippen LogP contribution in [0.4, 0.5) is 10.1 Å². The highest BCUT2D eigenvalue weighted by Crippen LogP contribution is 2.20. The van der Waals surface area contributed by atoms with Crippen LogP contribution in [0.5, 0.6) is 0 Å². The van der Waals surface area contributed by atoms with E-state index in [1.807, 2.05) is 36.4 Å². The Bertz CT molecular complexity index is 782. The number of carbonyl (C=O) groups excluding carboxylic acids is 1. The number of hydrogen-bond donors (Lipinski definition) is 2. The number of aliphatic hydroxyl groups is 1. The topological polar surface area (TPSA) is 55.8 Å². The zero-order valence-corrected chi connectivity index (χ0v) is 16.3. The minimum atomic E-state index is -0.174. The van der Waals surface area contributed by atoms with Crippen LogP contribution in [0.25, 0.3) is 0 Å². The SMILES string of the molecule is CC(=O)Nc1ccc(CN2CCN(Cc3ccccc3F)C(CCO)C2)cc1. The number of anilines is 1. The predicted octanol–water partition coefficient (Wildman–Crippen LogP) is 2.85. The number of nitrogens with one attached hydrogen (secondary N) is 1. The first kappa shape index (κ1) is 20.5. The maximum atomic E-state index is 14.0. The summed E-state index contributed by atoms with van der Waals surface area (Å²) in [6.45, 7) is 5.56. The summed E-state index contributed by atoms with van der Waals surface area (Å²) in [6.07, 6.45) is 0.673. The fourth-order valence-corrected chi connectivity index (χ4v) is 3.73. The quantitative estimate of drug-likeness (QED) is 0.770. The molecule has 1 atom stereocenters. The van der Waals surface area contributed by atoms with Crippen LogP contribution in [0.2, 0.25) is 0 Å². The van der Waals surface area contributed by atoms with Gasteiger partial charge in [0.15, 0.2) is 0 Å². The molecule has 1 fully saturated rings. The van der Waals surface area contributed by atoms with Gasteiger partial charge >= 0.3 is 0 Å². The summed E-state index contributed by atoms with van der Waals surface area (Å²) >= 11 is 0. The van der Waals surface area contributed by atoms with Crippen molar-refractivity contribution in [1.82, 2.24) is 9.80 Å². The molecule has 0 saturated carbocycles. The van der Waals surface area contributed by atoms with E-state index in [9.17, 15) is 14.3 Å². The van der Waals surface area contributed by atoms with E-state index in [-0.39, 0.29) is 24.4 Å². The molecule has 1 amide bonds. The number of benzene rings is 2. The second-order valence-corrected chi connectivity index (χ2v) is 7.34. The molecule has 5 nitrogen and oxygen atoms in total. The Morgan fingerprint density at radius 1 is 1.14 bits per heavy atom. The summed E-state index contributed by atoms with van der Waals surface area (Å²) < 4.78 is 14.0. The number of piperazine rings is 1. The molecule has 2 aromatic rings. The Morgan fingerprint density at radius 2 is 1.89 bits per heavy atom. The molecule has 150 valence electrons. The summed E-state index contributed by atoms with van der Waals surface area (Å²) in [5.41, 5.74) is 2.68. The Morgan fingerprint density at radius 3 is 2.57 bits per heavy atom. The monoisotopic (exact) mass is 385 g/mol. The van der Waals surface area contributed by atoms with Crippen molar-refractivity contribution in [3.05, 3.63) is 65.5 Å². The molecular formula is C22H28FN3O2. The van der Waals surface area contributed by atoms with Gasteiger partial charge in [-0.3, -0.25) is 14.6 Å². The van der Waals surface area contributed by atoms with Gasteiger partial charge in [-0.15, -0.1) is 0 Å². The minimum absolute atomic E-state index is 0.0782. The molecule has 0 aromatic heterocycles. The van der Waals surface area contributed by atoms with Gasteiger partial charge in [-0.1, -0.05) is 30.3 Å². The van der Waals surface area contributed by atoms with Gasteiger partial charge in [0.1, 0.15) is 5.82 Å². The molecule has 1 heterocycles. The standard InChI is InChI=1S/C22H28FN3O2/c1-17(28)24-20-8-6-18(7-9-20)14-25-11-12-26(21(16-25)10-13-27)15-19-4-2-3-5-22(19)23/h2-9,21,27H,10-16H2,1H3,(H,24,28). The highest BCUT2D eigenvalue weighted by Gasteiger charge is 2.27. The maximum Gasteiger partial charge on any atom is 0.221 e. The Labute approximate surface area is 165 Å². The summed E-state index contributed by atoms with van der Waals surface area (Å²) in [7, 11) is 0. The molecule has 28 heavy (non-hydrogen) atoms. The predicted molar refractivity (Wildman–Crippen MR) is 108 cm³/mol. The molecule has 0 radical (unpaired) electrons. The highest BCUT2D eigenvalue weighted by atomic mass is 19.1. The lowest BCUT2D eigenvalue weighted by Gasteiger charge is -2.41. The third-order valence-electron chi connectivity index (χ3n) is 5.16. The molecule has 3 rings (SSSR count). The van der Waals surface area contributed by atoms with Gasteiger partial charge in [0.25, 0.3) is 0 Å². The zero-order chi connectivity index (χ0) is 19.9. The minimum Gasteiger partial charge on any atom is -0.396 e. The average Bonchev–Trinajstić information content (AvgIpc) is 2.67. The number of hydrogen-bond acceptors (Lipinski definition) is 4. The molecular weight excluding hydrogens is 357 g/mol. The summed E-state index contributed by atoms with van der Waals surface area (Å²) in [5.74, 6) is -0.252. The Kier molecular flexibility index (Phi) is 7.14. The third kappa shape index (κ3) is 5.61. The van der Waals surface area contributed by atoms with Crippen LogP contribution >= 0.6 is 0 Å².